The quantitative estimate of drug-likeness (QED) is 0.645. The van der Waals surface area contributed by atoms with Gasteiger partial charge in [-0.05, 0) is 54.1 Å². The molecule has 0 saturated carbocycles. The Bertz CT molecular complexity index is 987. The van der Waals surface area contributed by atoms with E-state index in [9.17, 15) is 9.59 Å². The third kappa shape index (κ3) is 4.90. The maximum absolute atomic E-state index is 12.5. The van der Waals surface area contributed by atoms with Crippen molar-refractivity contribution in [1.29, 1.82) is 0 Å². The van der Waals surface area contributed by atoms with Crippen LogP contribution in [-0.2, 0) is 6.54 Å². The van der Waals surface area contributed by atoms with Crippen LogP contribution in [0.4, 0.5) is 5.69 Å². The number of ether oxygens (including phenoxy) is 1. The molecule has 0 aliphatic heterocycles. The van der Waals surface area contributed by atoms with Crippen molar-refractivity contribution in [3.05, 3.63) is 94.5 Å². The average molecular weight is 395 g/mol. The fourth-order valence-electron chi connectivity index (χ4n) is 2.60. The molecule has 2 N–H and O–H groups in total. The lowest BCUT2D eigenvalue weighted by atomic mass is 10.1. The van der Waals surface area contributed by atoms with Crippen LogP contribution in [0, 0.1) is 0 Å². The lowest BCUT2D eigenvalue weighted by molar-refractivity contribution is 0.0951. The molecule has 3 rings (SSSR count). The van der Waals surface area contributed by atoms with Crippen LogP contribution in [-0.4, -0.2) is 18.9 Å². The van der Waals surface area contributed by atoms with Crippen molar-refractivity contribution in [2.75, 3.05) is 12.4 Å². The average Bonchev–Trinajstić information content (AvgIpc) is 2.73. The van der Waals surface area contributed by atoms with Crippen molar-refractivity contribution in [1.82, 2.24) is 5.32 Å². The van der Waals surface area contributed by atoms with Gasteiger partial charge in [0.2, 0.25) is 0 Å². The summed E-state index contributed by atoms with van der Waals surface area (Å²) < 4.78 is 5.10. The second-order valence-electron chi connectivity index (χ2n) is 6.04. The zero-order valence-electron chi connectivity index (χ0n) is 15.2. The van der Waals surface area contributed by atoms with Gasteiger partial charge in [0.1, 0.15) is 5.75 Å². The third-order valence-corrected chi connectivity index (χ3v) is 4.50. The van der Waals surface area contributed by atoms with Crippen LogP contribution in [0.15, 0.2) is 72.8 Å². The molecule has 0 unspecified atom stereocenters. The highest BCUT2D eigenvalue weighted by Crippen LogP contribution is 2.17. The fourth-order valence-corrected chi connectivity index (χ4v) is 2.80. The van der Waals surface area contributed by atoms with E-state index in [-0.39, 0.29) is 11.8 Å². The Balaban J connectivity index is 1.66. The van der Waals surface area contributed by atoms with Gasteiger partial charge in [0.05, 0.1) is 7.11 Å². The first kappa shape index (κ1) is 19.5. The molecule has 0 saturated heterocycles. The molecular formula is C22H19ClN2O3. The van der Waals surface area contributed by atoms with Crippen LogP contribution in [0.25, 0.3) is 0 Å². The first-order valence-corrected chi connectivity index (χ1v) is 9.01. The Morgan fingerprint density at radius 1 is 0.893 bits per heavy atom. The minimum absolute atomic E-state index is 0.279. The Morgan fingerprint density at radius 2 is 1.57 bits per heavy atom. The van der Waals surface area contributed by atoms with E-state index in [1.165, 1.54) is 0 Å². The van der Waals surface area contributed by atoms with Crippen LogP contribution >= 0.6 is 11.6 Å². The van der Waals surface area contributed by atoms with Crippen LogP contribution in [0.5, 0.6) is 5.75 Å². The fraction of sp³-hybridized carbons (Fsp3) is 0.0909. The summed E-state index contributed by atoms with van der Waals surface area (Å²) in [5.74, 6) is 0.125. The van der Waals surface area contributed by atoms with Crippen LogP contribution in [0.3, 0.4) is 0 Å². The number of carbonyl (C=O) groups is 2. The number of benzene rings is 3. The molecular weight excluding hydrogens is 376 g/mol. The minimum Gasteiger partial charge on any atom is -0.497 e. The largest absolute Gasteiger partial charge is 0.497 e. The van der Waals surface area contributed by atoms with Crippen molar-refractivity contribution >= 4 is 29.1 Å². The van der Waals surface area contributed by atoms with E-state index in [1.807, 2.05) is 18.2 Å². The summed E-state index contributed by atoms with van der Waals surface area (Å²) >= 11 is 6.10. The molecule has 3 aromatic rings. The highest BCUT2D eigenvalue weighted by molar-refractivity contribution is 6.31. The number of carbonyl (C=O) groups excluding carboxylic acids is 2. The molecule has 0 radical (unpaired) electrons. The molecule has 0 heterocycles. The molecule has 0 spiro atoms. The molecule has 6 heteroatoms. The molecule has 142 valence electrons. The van der Waals surface area contributed by atoms with Gasteiger partial charge in [-0.1, -0.05) is 35.9 Å². The van der Waals surface area contributed by atoms with E-state index in [2.05, 4.69) is 10.6 Å². The third-order valence-electron chi connectivity index (χ3n) is 4.13. The monoisotopic (exact) mass is 394 g/mol. The predicted octanol–water partition coefficient (Wildman–Crippen LogP) is 4.53. The molecule has 0 bridgehead atoms. The first-order valence-electron chi connectivity index (χ1n) is 8.64. The number of hydrogen-bond acceptors (Lipinski definition) is 3. The van der Waals surface area contributed by atoms with Gasteiger partial charge >= 0.3 is 0 Å². The van der Waals surface area contributed by atoms with Crippen molar-refractivity contribution in [2.24, 2.45) is 0 Å². The van der Waals surface area contributed by atoms with Gasteiger partial charge in [0.15, 0.2) is 0 Å². The molecule has 0 atom stereocenters. The van der Waals surface area contributed by atoms with E-state index in [0.29, 0.717) is 34.1 Å². The summed E-state index contributed by atoms with van der Waals surface area (Å²) in [7, 11) is 1.58. The van der Waals surface area contributed by atoms with Gasteiger partial charge in [-0.25, -0.2) is 0 Å². The standard InChI is InChI=1S/C22H19ClN2O3/c1-28-19-11-9-18(10-12-19)25-22(27)16-7-4-6-15(13-16)21(26)24-14-17-5-2-3-8-20(17)23/h2-13H,14H2,1H3,(H,24,26)(H,25,27). The summed E-state index contributed by atoms with van der Waals surface area (Å²) in [6.07, 6.45) is 0. The second kappa shape index (κ2) is 9.06. The normalized spacial score (nSPS) is 10.2. The lowest BCUT2D eigenvalue weighted by Gasteiger charge is -2.09. The number of amides is 2. The van der Waals surface area contributed by atoms with E-state index < -0.39 is 0 Å². The smallest absolute Gasteiger partial charge is 0.255 e. The van der Waals surface area contributed by atoms with E-state index in [1.54, 1.807) is 61.7 Å². The van der Waals surface area contributed by atoms with Crippen molar-refractivity contribution < 1.29 is 14.3 Å². The zero-order chi connectivity index (χ0) is 19.9. The summed E-state index contributed by atoms with van der Waals surface area (Å²) in [5, 5.41) is 6.21. The molecule has 0 aromatic heterocycles. The minimum atomic E-state index is -0.300. The number of halogens is 1. The van der Waals surface area contributed by atoms with E-state index >= 15 is 0 Å². The highest BCUT2D eigenvalue weighted by atomic mass is 35.5. The highest BCUT2D eigenvalue weighted by Gasteiger charge is 2.11. The summed E-state index contributed by atoms with van der Waals surface area (Å²) in [6.45, 7) is 0.306. The van der Waals surface area contributed by atoms with Crippen LogP contribution in [0.2, 0.25) is 5.02 Å². The Labute approximate surface area is 168 Å². The van der Waals surface area contributed by atoms with Gasteiger partial charge in [-0.2, -0.15) is 0 Å². The maximum atomic E-state index is 12.5. The number of nitrogens with one attached hydrogen (secondary N) is 2. The van der Waals surface area contributed by atoms with Crippen LogP contribution in [0.1, 0.15) is 26.3 Å². The number of rotatable bonds is 6. The van der Waals surface area contributed by atoms with Gasteiger partial charge in [-0.3, -0.25) is 9.59 Å². The maximum Gasteiger partial charge on any atom is 0.255 e. The predicted molar refractivity (Wildman–Crippen MR) is 110 cm³/mol. The van der Waals surface area contributed by atoms with Gasteiger partial charge in [0.25, 0.3) is 11.8 Å². The zero-order valence-corrected chi connectivity index (χ0v) is 16.0. The summed E-state index contributed by atoms with van der Waals surface area (Å²) in [6, 6.07) is 20.9. The molecule has 2 amide bonds. The van der Waals surface area contributed by atoms with E-state index in [0.717, 1.165) is 5.56 Å². The SMILES string of the molecule is COc1ccc(NC(=O)c2cccc(C(=O)NCc3ccccc3Cl)c2)cc1. The van der Waals surface area contributed by atoms with Crippen molar-refractivity contribution in [3.63, 3.8) is 0 Å². The molecule has 0 aliphatic rings. The van der Waals surface area contributed by atoms with Crippen LogP contribution < -0.4 is 15.4 Å². The molecule has 0 aliphatic carbocycles. The Hall–Kier alpha value is -3.31. The summed E-state index contributed by atoms with van der Waals surface area (Å²) in [5.41, 5.74) is 2.25. The van der Waals surface area contributed by atoms with Crippen molar-refractivity contribution in [3.8, 4) is 5.75 Å². The molecule has 28 heavy (non-hydrogen) atoms. The Morgan fingerprint density at radius 3 is 2.25 bits per heavy atom. The van der Waals surface area contributed by atoms with Gasteiger partial charge in [-0.15, -0.1) is 0 Å². The summed E-state index contributed by atoms with van der Waals surface area (Å²) in [4.78, 5) is 24.9. The second-order valence-corrected chi connectivity index (χ2v) is 6.44. The first-order chi connectivity index (χ1) is 13.6. The lowest BCUT2D eigenvalue weighted by Crippen LogP contribution is -2.23. The molecule has 5 nitrogen and oxygen atoms in total. The van der Waals surface area contributed by atoms with Crippen molar-refractivity contribution in [2.45, 2.75) is 6.54 Å². The topological polar surface area (TPSA) is 67.4 Å². The Kier molecular flexibility index (Phi) is 6.29. The number of methoxy groups -OCH3 is 1. The van der Waals surface area contributed by atoms with Gasteiger partial charge < -0.3 is 15.4 Å². The number of hydrogen-bond donors (Lipinski definition) is 2. The molecule has 0 fully saturated rings. The van der Waals surface area contributed by atoms with E-state index in [4.69, 9.17) is 16.3 Å². The van der Waals surface area contributed by atoms with Gasteiger partial charge in [0, 0.05) is 28.4 Å². The molecule has 3 aromatic carbocycles. The number of anilines is 1.